The van der Waals surface area contributed by atoms with Crippen LogP contribution in [0.25, 0.3) is 0 Å². The van der Waals surface area contributed by atoms with Crippen molar-refractivity contribution in [3.8, 4) is 11.5 Å². The van der Waals surface area contributed by atoms with Crippen LogP contribution in [0.2, 0.25) is 0 Å². The molecule has 0 unspecified atom stereocenters. The molecule has 0 aliphatic carbocycles. The van der Waals surface area contributed by atoms with Crippen molar-refractivity contribution in [1.29, 1.82) is 0 Å². The Morgan fingerprint density at radius 2 is 1.76 bits per heavy atom. The van der Waals surface area contributed by atoms with Crippen LogP contribution in [0.15, 0.2) is 12.1 Å². The number of rotatable bonds is 6. The fourth-order valence-corrected chi connectivity index (χ4v) is 1.50. The van der Waals surface area contributed by atoms with E-state index >= 15 is 0 Å². The summed E-state index contributed by atoms with van der Waals surface area (Å²) in [4.78, 5) is 22.9. The largest absolute Gasteiger partial charge is 0.493 e. The maximum absolute atomic E-state index is 13.9. The minimum absolute atomic E-state index is 0.130. The molecule has 0 bridgehead atoms. The Labute approximate surface area is 121 Å². The molecule has 1 rings (SSSR count). The van der Waals surface area contributed by atoms with Crippen LogP contribution in [0.3, 0.4) is 0 Å². The number of halogens is 1. The van der Waals surface area contributed by atoms with Gasteiger partial charge in [-0.25, -0.2) is 4.39 Å². The molecule has 0 saturated heterocycles. The number of carboxylic acids is 1. The highest BCUT2D eigenvalue weighted by atomic mass is 19.1. The number of hydrogen-bond donors (Lipinski definition) is 2. The molecule has 0 radical (unpaired) electrons. The Hall–Kier alpha value is -2.31. The van der Waals surface area contributed by atoms with Gasteiger partial charge < -0.3 is 19.9 Å². The van der Waals surface area contributed by atoms with Gasteiger partial charge in [0.25, 0.3) is 5.91 Å². The fraction of sp³-hybridized carbons (Fsp3) is 0.429. The smallest absolute Gasteiger partial charge is 0.310 e. The first-order chi connectivity index (χ1) is 9.72. The number of amides is 1. The molecule has 1 aromatic rings. The number of ether oxygens (including phenoxy) is 2. The zero-order valence-electron chi connectivity index (χ0n) is 12.3. The highest BCUT2D eigenvalue weighted by Crippen LogP contribution is 2.29. The Balaban J connectivity index is 2.95. The maximum Gasteiger partial charge on any atom is 0.310 e. The zero-order valence-corrected chi connectivity index (χ0v) is 12.3. The monoisotopic (exact) mass is 299 g/mol. The fourth-order valence-electron chi connectivity index (χ4n) is 1.50. The van der Waals surface area contributed by atoms with E-state index in [0.717, 1.165) is 6.07 Å². The summed E-state index contributed by atoms with van der Waals surface area (Å²) >= 11 is 0. The van der Waals surface area contributed by atoms with Crippen LogP contribution in [0.1, 0.15) is 24.2 Å². The Bertz CT molecular complexity index is 557. The van der Waals surface area contributed by atoms with Crippen molar-refractivity contribution in [2.75, 3.05) is 20.8 Å². The van der Waals surface area contributed by atoms with Gasteiger partial charge in [-0.05, 0) is 19.9 Å². The van der Waals surface area contributed by atoms with E-state index in [1.54, 1.807) is 0 Å². The van der Waals surface area contributed by atoms with Crippen LogP contribution in [0.5, 0.6) is 11.5 Å². The van der Waals surface area contributed by atoms with Gasteiger partial charge in [-0.2, -0.15) is 0 Å². The second-order valence-corrected chi connectivity index (χ2v) is 5.06. The van der Waals surface area contributed by atoms with Gasteiger partial charge in [-0.1, -0.05) is 0 Å². The third-order valence-corrected chi connectivity index (χ3v) is 2.99. The molecular formula is C14H18FNO5. The molecule has 0 spiro atoms. The molecule has 0 saturated carbocycles. The van der Waals surface area contributed by atoms with E-state index in [4.69, 9.17) is 14.6 Å². The molecule has 0 aliphatic heterocycles. The number of methoxy groups -OCH3 is 2. The first kappa shape index (κ1) is 16.7. The average molecular weight is 299 g/mol. The summed E-state index contributed by atoms with van der Waals surface area (Å²) in [7, 11) is 2.72. The summed E-state index contributed by atoms with van der Waals surface area (Å²) in [5.41, 5.74) is -1.39. The number of carbonyl (C=O) groups excluding carboxylic acids is 1. The van der Waals surface area contributed by atoms with E-state index in [1.807, 2.05) is 0 Å². The van der Waals surface area contributed by atoms with Gasteiger partial charge in [0.15, 0.2) is 11.5 Å². The third kappa shape index (κ3) is 3.84. The number of hydrogen-bond acceptors (Lipinski definition) is 4. The second-order valence-electron chi connectivity index (χ2n) is 5.06. The molecule has 1 aromatic carbocycles. The van der Waals surface area contributed by atoms with Gasteiger partial charge >= 0.3 is 5.97 Å². The zero-order chi connectivity index (χ0) is 16.2. The molecule has 0 fully saturated rings. The first-order valence-corrected chi connectivity index (χ1v) is 6.16. The average Bonchev–Trinajstić information content (AvgIpc) is 2.44. The highest BCUT2D eigenvalue weighted by Gasteiger charge is 2.28. The summed E-state index contributed by atoms with van der Waals surface area (Å²) in [6, 6.07) is 2.24. The quantitative estimate of drug-likeness (QED) is 0.835. The number of benzene rings is 1. The molecule has 0 heterocycles. The van der Waals surface area contributed by atoms with E-state index in [-0.39, 0.29) is 23.6 Å². The molecule has 1 amide bonds. The lowest BCUT2D eigenvalue weighted by atomic mass is 9.94. The van der Waals surface area contributed by atoms with Gasteiger partial charge in [0, 0.05) is 12.6 Å². The molecule has 2 N–H and O–H groups in total. The van der Waals surface area contributed by atoms with E-state index in [2.05, 4.69) is 5.32 Å². The van der Waals surface area contributed by atoms with Crippen LogP contribution >= 0.6 is 0 Å². The summed E-state index contributed by atoms with van der Waals surface area (Å²) < 4.78 is 23.8. The van der Waals surface area contributed by atoms with Gasteiger partial charge in [0.05, 0.1) is 25.2 Å². The van der Waals surface area contributed by atoms with Crippen LogP contribution < -0.4 is 14.8 Å². The van der Waals surface area contributed by atoms with E-state index in [1.165, 1.54) is 34.1 Å². The van der Waals surface area contributed by atoms with E-state index in [0.29, 0.717) is 0 Å². The lowest BCUT2D eigenvalue weighted by molar-refractivity contribution is -0.146. The van der Waals surface area contributed by atoms with E-state index < -0.39 is 23.1 Å². The lowest BCUT2D eigenvalue weighted by Crippen LogP contribution is -2.39. The van der Waals surface area contributed by atoms with Gasteiger partial charge in [0.2, 0.25) is 0 Å². The number of carbonyl (C=O) groups is 2. The molecule has 0 aromatic heterocycles. The predicted octanol–water partition coefficient (Wildman–Crippen LogP) is 1.68. The summed E-state index contributed by atoms with van der Waals surface area (Å²) in [5, 5.41) is 11.4. The second kappa shape index (κ2) is 6.43. The van der Waals surface area contributed by atoms with Crippen molar-refractivity contribution in [2.45, 2.75) is 13.8 Å². The molecular weight excluding hydrogens is 281 g/mol. The Morgan fingerprint density at radius 3 is 2.24 bits per heavy atom. The molecule has 21 heavy (non-hydrogen) atoms. The Morgan fingerprint density at radius 1 is 1.24 bits per heavy atom. The topological polar surface area (TPSA) is 84.9 Å². The standard InChI is InChI=1S/C14H18FNO5/c1-14(2,13(18)19)7-16-12(17)8-5-10(20-3)11(21-4)6-9(8)15/h5-6H,7H2,1-4H3,(H,16,17)(H,18,19). The van der Waals surface area contributed by atoms with Gasteiger partial charge in [-0.15, -0.1) is 0 Å². The molecule has 0 aliphatic rings. The highest BCUT2D eigenvalue weighted by molar-refractivity contribution is 5.95. The minimum atomic E-state index is -1.15. The third-order valence-electron chi connectivity index (χ3n) is 2.99. The lowest BCUT2D eigenvalue weighted by Gasteiger charge is -2.19. The van der Waals surface area contributed by atoms with Crippen molar-refractivity contribution >= 4 is 11.9 Å². The summed E-state index contributed by atoms with van der Waals surface area (Å²) in [5.74, 6) is -2.18. The first-order valence-electron chi connectivity index (χ1n) is 6.16. The number of aliphatic carboxylic acids is 1. The summed E-state index contributed by atoms with van der Waals surface area (Å²) in [6.07, 6.45) is 0. The van der Waals surface area contributed by atoms with Crippen LogP contribution in [-0.2, 0) is 4.79 Å². The van der Waals surface area contributed by atoms with Crippen molar-refractivity contribution < 1.29 is 28.6 Å². The normalized spacial score (nSPS) is 10.9. The molecule has 7 heteroatoms. The number of nitrogens with one attached hydrogen (secondary N) is 1. The predicted molar refractivity (Wildman–Crippen MR) is 73.3 cm³/mol. The summed E-state index contributed by atoms with van der Waals surface area (Å²) in [6.45, 7) is 2.79. The van der Waals surface area contributed by atoms with Crippen molar-refractivity contribution in [3.63, 3.8) is 0 Å². The van der Waals surface area contributed by atoms with Crippen molar-refractivity contribution in [2.24, 2.45) is 5.41 Å². The van der Waals surface area contributed by atoms with Crippen molar-refractivity contribution in [3.05, 3.63) is 23.5 Å². The molecule has 6 nitrogen and oxygen atoms in total. The van der Waals surface area contributed by atoms with Crippen LogP contribution in [-0.4, -0.2) is 37.7 Å². The minimum Gasteiger partial charge on any atom is -0.493 e. The number of carboxylic acid groups (broad SMARTS) is 1. The van der Waals surface area contributed by atoms with Gasteiger partial charge in [0.1, 0.15) is 5.82 Å². The molecule has 116 valence electrons. The van der Waals surface area contributed by atoms with Crippen molar-refractivity contribution in [1.82, 2.24) is 5.32 Å². The van der Waals surface area contributed by atoms with Crippen LogP contribution in [0, 0.1) is 11.2 Å². The van der Waals surface area contributed by atoms with Crippen LogP contribution in [0.4, 0.5) is 4.39 Å². The Kier molecular flexibility index (Phi) is 5.12. The maximum atomic E-state index is 13.9. The molecule has 0 atom stereocenters. The van der Waals surface area contributed by atoms with Gasteiger partial charge in [-0.3, -0.25) is 9.59 Å². The van der Waals surface area contributed by atoms with E-state index in [9.17, 15) is 14.0 Å². The SMILES string of the molecule is COc1cc(F)c(C(=O)NCC(C)(C)C(=O)O)cc1OC.